The summed E-state index contributed by atoms with van der Waals surface area (Å²) in [5, 5.41) is 11.2. The van der Waals surface area contributed by atoms with E-state index in [1.54, 1.807) is 6.92 Å². The van der Waals surface area contributed by atoms with Crippen LogP contribution >= 0.6 is 0 Å². The second kappa shape index (κ2) is 5.69. The molecule has 0 saturated carbocycles. The molecule has 0 bridgehead atoms. The zero-order valence-electron chi connectivity index (χ0n) is 8.86. The molecule has 16 heavy (non-hydrogen) atoms. The minimum atomic E-state index is -0.724. The lowest BCUT2D eigenvalue weighted by Crippen LogP contribution is -2.47. The normalized spacial score (nSPS) is 11.8. The van der Waals surface area contributed by atoms with Gasteiger partial charge in [0.1, 0.15) is 18.2 Å². The quantitative estimate of drug-likeness (QED) is 0.488. The lowest BCUT2D eigenvalue weighted by molar-refractivity contribution is -0.122. The molecule has 0 saturated heterocycles. The Balaban J connectivity index is 2.22. The van der Waals surface area contributed by atoms with Crippen molar-refractivity contribution in [3.05, 3.63) is 12.2 Å². The van der Waals surface area contributed by atoms with Crippen LogP contribution in [0.5, 0.6) is 0 Å². The number of rotatable bonds is 5. The van der Waals surface area contributed by atoms with Gasteiger partial charge in [0.25, 0.3) is 0 Å². The maximum Gasteiger partial charge on any atom is 0.312 e. The zero-order valence-corrected chi connectivity index (χ0v) is 8.86. The van der Waals surface area contributed by atoms with Gasteiger partial charge >= 0.3 is 6.03 Å². The summed E-state index contributed by atoms with van der Waals surface area (Å²) < 4.78 is 0. The smallest absolute Gasteiger partial charge is 0.312 e. The largest absolute Gasteiger partial charge is 0.354 e. The molecule has 1 aromatic heterocycles. The molecule has 88 valence electrons. The molecule has 1 aromatic rings. The summed E-state index contributed by atoms with van der Waals surface area (Å²) in [6.45, 7) is 1.97. The average molecular weight is 226 g/mol. The number of amides is 3. The van der Waals surface area contributed by atoms with Gasteiger partial charge in [-0.3, -0.25) is 9.89 Å². The van der Waals surface area contributed by atoms with Crippen molar-refractivity contribution in [3.8, 4) is 0 Å². The fourth-order valence-electron chi connectivity index (χ4n) is 1.09. The monoisotopic (exact) mass is 226 g/mol. The van der Waals surface area contributed by atoms with E-state index >= 15 is 0 Å². The third-order valence-electron chi connectivity index (χ3n) is 1.88. The molecule has 0 aromatic carbocycles. The highest BCUT2D eigenvalue weighted by atomic mass is 16.2. The van der Waals surface area contributed by atoms with Gasteiger partial charge in [-0.2, -0.15) is 5.10 Å². The fourth-order valence-corrected chi connectivity index (χ4v) is 1.09. The SMILES string of the molecule is CC(NC(N)=O)C(=O)NCCc1ncn[nH]1. The number of aromatic nitrogens is 3. The molecular weight excluding hydrogens is 212 g/mol. The van der Waals surface area contributed by atoms with Gasteiger partial charge in [0, 0.05) is 13.0 Å². The van der Waals surface area contributed by atoms with E-state index in [-0.39, 0.29) is 5.91 Å². The summed E-state index contributed by atoms with van der Waals surface area (Å²) in [7, 11) is 0. The van der Waals surface area contributed by atoms with E-state index in [4.69, 9.17) is 5.73 Å². The van der Waals surface area contributed by atoms with E-state index < -0.39 is 12.1 Å². The van der Waals surface area contributed by atoms with E-state index in [9.17, 15) is 9.59 Å². The molecule has 1 heterocycles. The molecular formula is C8H14N6O2. The summed E-state index contributed by atoms with van der Waals surface area (Å²) in [4.78, 5) is 25.8. The first-order chi connectivity index (χ1) is 7.59. The van der Waals surface area contributed by atoms with Crippen LogP contribution in [-0.2, 0) is 11.2 Å². The number of nitrogens with two attached hydrogens (primary N) is 1. The van der Waals surface area contributed by atoms with E-state index in [2.05, 4.69) is 25.8 Å². The van der Waals surface area contributed by atoms with Crippen molar-refractivity contribution in [3.63, 3.8) is 0 Å². The van der Waals surface area contributed by atoms with Crippen LogP contribution < -0.4 is 16.4 Å². The molecule has 1 atom stereocenters. The van der Waals surface area contributed by atoms with Crippen molar-refractivity contribution >= 4 is 11.9 Å². The maximum absolute atomic E-state index is 11.4. The summed E-state index contributed by atoms with van der Waals surface area (Å²) in [6.07, 6.45) is 1.95. The number of aromatic amines is 1. The molecule has 0 aliphatic heterocycles. The molecule has 1 unspecified atom stereocenters. The van der Waals surface area contributed by atoms with Crippen molar-refractivity contribution in [2.75, 3.05) is 6.54 Å². The van der Waals surface area contributed by atoms with Crippen LogP contribution in [0.3, 0.4) is 0 Å². The molecule has 0 aliphatic rings. The standard InChI is InChI=1S/C8H14N6O2/c1-5(13-8(9)16)7(15)10-3-2-6-11-4-12-14-6/h4-5H,2-3H2,1H3,(H,10,15)(H3,9,13,16)(H,11,12,14). The third kappa shape index (κ3) is 3.95. The van der Waals surface area contributed by atoms with E-state index in [0.29, 0.717) is 18.8 Å². The third-order valence-corrected chi connectivity index (χ3v) is 1.88. The summed E-state index contributed by atoms with van der Waals surface area (Å²) in [6, 6.07) is -1.37. The van der Waals surface area contributed by atoms with Gasteiger partial charge in [-0.25, -0.2) is 9.78 Å². The number of carbonyl (C=O) groups excluding carboxylic acids is 2. The average Bonchev–Trinajstić information content (AvgIpc) is 2.69. The van der Waals surface area contributed by atoms with Gasteiger partial charge in [0.05, 0.1) is 0 Å². The van der Waals surface area contributed by atoms with E-state index in [0.717, 1.165) is 0 Å². The molecule has 1 rings (SSSR count). The topological polar surface area (TPSA) is 126 Å². The first-order valence-electron chi connectivity index (χ1n) is 4.77. The first kappa shape index (κ1) is 12.0. The molecule has 0 spiro atoms. The fraction of sp³-hybridized carbons (Fsp3) is 0.500. The number of H-pyrrole nitrogens is 1. The minimum absolute atomic E-state index is 0.293. The number of primary amides is 1. The Morgan fingerprint density at radius 1 is 1.62 bits per heavy atom. The van der Waals surface area contributed by atoms with Crippen LogP contribution in [0.2, 0.25) is 0 Å². The van der Waals surface area contributed by atoms with Crippen LogP contribution in [0.4, 0.5) is 4.79 Å². The Morgan fingerprint density at radius 2 is 2.38 bits per heavy atom. The summed E-state index contributed by atoms with van der Waals surface area (Å²) >= 11 is 0. The molecule has 5 N–H and O–H groups in total. The number of carbonyl (C=O) groups is 2. The molecule has 8 heteroatoms. The lowest BCUT2D eigenvalue weighted by atomic mass is 10.3. The van der Waals surface area contributed by atoms with Crippen molar-refractivity contribution in [1.82, 2.24) is 25.8 Å². The Hall–Kier alpha value is -2.12. The summed E-state index contributed by atoms with van der Waals surface area (Å²) in [5.74, 6) is 0.397. The second-order valence-electron chi connectivity index (χ2n) is 3.20. The first-order valence-corrected chi connectivity index (χ1v) is 4.77. The Morgan fingerprint density at radius 3 is 2.94 bits per heavy atom. The number of nitrogens with zero attached hydrogens (tertiary/aromatic N) is 2. The highest BCUT2D eigenvalue weighted by Gasteiger charge is 2.12. The van der Waals surface area contributed by atoms with Crippen LogP contribution in [0.1, 0.15) is 12.7 Å². The van der Waals surface area contributed by atoms with E-state index in [1.807, 2.05) is 0 Å². The van der Waals surface area contributed by atoms with Gasteiger partial charge in [0.2, 0.25) is 5.91 Å². The summed E-state index contributed by atoms with van der Waals surface area (Å²) in [5.41, 5.74) is 4.88. The lowest BCUT2D eigenvalue weighted by Gasteiger charge is -2.11. The predicted molar refractivity (Wildman–Crippen MR) is 55.3 cm³/mol. The Kier molecular flexibility index (Phi) is 4.25. The number of nitrogens with one attached hydrogen (secondary N) is 3. The van der Waals surface area contributed by atoms with Crippen LogP contribution in [0.15, 0.2) is 6.33 Å². The number of hydrogen-bond acceptors (Lipinski definition) is 4. The molecule has 0 fully saturated rings. The van der Waals surface area contributed by atoms with Crippen LogP contribution in [-0.4, -0.2) is 39.7 Å². The zero-order chi connectivity index (χ0) is 12.0. The Labute approximate surface area is 92.0 Å². The second-order valence-corrected chi connectivity index (χ2v) is 3.20. The van der Waals surface area contributed by atoms with Gasteiger partial charge in [-0.05, 0) is 6.92 Å². The minimum Gasteiger partial charge on any atom is -0.354 e. The predicted octanol–water partition coefficient (Wildman–Crippen LogP) is -1.48. The van der Waals surface area contributed by atoms with Crippen molar-refractivity contribution in [1.29, 1.82) is 0 Å². The van der Waals surface area contributed by atoms with Crippen LogP contribution in [0, 0.1) is 0 Å². The molecule has 8 nitrogen and oxygen atoms in total. The highest BCUT2D eigenvalue weighted by Crippen LogP contribution is 1.87. The molecule has 0 radical (unpaired) electrons. The van der Waals surface area contributed by atoms with Crippen molar-refractivity contribution in [2.45, 2.75) is 19.4 Å². The van der Waals surface area contributed by atoms with Gasteiger partial charge in [-0.15, -0.1) is 0 Å². The number of hydrogen-bond donors (Lipinski definition) is 4. The van der Waals surface area contributed by atoms with Crippen molar-refractivity contribution in [2.24, 2.45) is 5.73 Å². The van der Waals surface area contributed by atoms with E-state index in [1.165, 1.54) is 6.33 Å². The van der Waals surface area contributed by atoms with Gasteiger partial charge in [-0.1, -0.05) is 0 Å². The maximum atomic E-state index is 11.4. The number of urea groups is 1. The molecule has 0 aliphatic carbocycles. The van der Waals surface area contributed by atoms with Gasteiger partial charge < -0.3 is 16.4 Å². The Bertz CT molecular complexity index is 349. The van der Waals surface area contributed by atoms with Crippen LogP contribution in [0.25, 0.3) is 0 Å². The van der Waals surface area contributed by atoms with Gasteiger partial charge in [0.15, 0.2) is 0 Å². The molecule has 3 amide bonds. The van der Waals surface area contributed by atoms with Crippen molar-refractivity contribution < 1.29 is 9.59 Å². The highest BCUT2D eigenvalue weighted by molar-refractivity contribution is 5.86.